The summed E-state index contributed by atoms with van der Waals surface area (Å²) in [5.41, 5.74) is 0. The van der Waals surface area contributed by atoms with Crippen LogP contribution in [0.5, 0.6) is 0 Å². The molecule has 3 rings (SSSR count). The minimum Gasteiger partial charge on any atom is -0.393 e. The molecular weight excluding hydrogens is 192 g/mol. The van der Waals surface area contributed by atoms with Gasteiger partial charge in [0.2, 0.25) is 0 Å². The third kappa shape index (κ3) is 1.63. The van der Waals surface area contributed by atoms with Gasteiger partial charge in [-0.1, -0.05) is 12.2 Å². The molecule has 4 atom stereocenters. The first-order chi connectivity index (χ1) is 7.36. The molecule has 2 aliphatic carbocycles. The molecule has 0 amide bonds. The van der Waals surface area contributed by atoms with Crippen LogP contribution in [0.3, 0.4) is 0 Å². The molecule has 0 spiro atoms. The quantitative estimate of drug-likeness (QED) is 0.663. The van der Waals surface area contributed by atoms with Gasteiger partial charge in [-0.05, 0) is 31.1 Å². The Balaban J connectivity index is 1.79. The molecule has 0 aromatic carbocycles. The summed E-state index contributed by atoms with van der Waals surface area (Å²) < 4.78 is 11.2. The predicted molar refractivity (Wildman–Crippen MR) is 55.2 cm³/mol. The fourth-order valence-corrected chi connectivity index (χ4v) is 3.34. The predicted octanol–water partition coefficient (Wildman–Crippen LogP) is 1.32. The lowest BCUT2D eigenvalue weighted by molar-refractivity contribution is -0.115. The monoisotopic (exact) mass is 210 g/mol. The van der Waals surface area contributed by atoms with Crippen LogP contribution >= 0.6 is 0 Å². The molecule has 1 N–H and O–H groups in total. The molecule has 0 radical (unpaired) electrons. The Morgan fingerprint density at radius 1 is 1.13 bits per heavy atom. The molecule has 2 fully saturated rings. The van der Waals surface area contributed by atoms with Gasteiger partial charge in [0.1, 0.15) is 0 Å². The molecule has 15 heavy (non-hydrogen) atoms. The number of aliphatic hydroxyl groups excluding tert-OH is 1. The Labute approximate surface area is 90.1 Å². The minimum absolute atomic E-state index is 0.0739. The van der Waals surface area contributed by atoms with E-state index in [1.807, 2.05) is 0 Å². The standard InChI is InChI=1S/C12H18O3/c13-10-5-4-8-2-1-3-9(11(8)10)12-14-6-7-15-12/h1-2,8-13H,3-7H2/t8-,9-,10-,11-/m1/s1. The number of ether oxygens (including phenoxy) is 2. The van der Waals surface area contributed by atoms with Crippen molar-refractivity contribution >= 4 is 0 Å². The van der Waals surface area contributed by atoms with E-state index in [1.165, 1.54) is 0 Å². The maximum absolute atomic E-state index is 10.0. The first-order valence-electron chi connectivity index (χ1n) is 5.94. The van der Waals surface area contributed by atoms with Crippen molar-refractivity contribution in [3.63, 3.8) is 0 Å². The molecule has 0 bridgehead atoms. The van der Waals surface area contributed by atoms with Crippen LogP contribution in [0.25, 0.3) is 0 Å². The van der Waals surface area contributed by atoms with Gasteiger partial charge in [0.25, 0.3) is 0 Å². The molecule has 1 aliphatic heterocycles. The zero-order chi connectivity index (χ0) is 10.3. The second kappa shape index (κ2) is 3.89. The van der Waals surface area contributed by atoms with Gasteiger partial charge in [-0.25, -0.2) is 0 Å². The smallest absolute Gasteiger partial charge is 0.161 e. The summed E-state index contributed by atoms with van der Waals surface area (Å²) in [5.74, 6) is 1.27. The summed E-state index contributed by atoms with van der Waals surface area (Å²) in [6, 6.07) is 0. The Morgan fingerprint density at radius 3 is 2.73 bits per heavy atom. The summed E-state index contributed by atoms with van der Waals surface area (Å²) in [7, 11) is 0. The molecule has 3 aliphatic rings. The van der Waals surface area contributed by atoms with Crippen molar-refractivity contribution in [2.75, 3.05) is 13.2 Å². The van der Waals surface area contributed by atoms with E-state index >= 15 is 0 Å². The molecule has 84 valence electrons. The highest BCUT2D eigenvalue weighted by molar-refractivity contribution is 5.06. The lowest BCUT2D eigenvalue weighted by Gasteiger charge is -2.34. The van der Waals surface area contributed by atoms with Crippen molar-refractivity contribution in [2.24, 2.45) is 17.8 Å². The largest absolute Gasteiger partial charge is 0.393 e. The second-order valence-corrected chi connectivity index (χ2v) is 4.82. The topological polar surface area (TPSA) is 38.7 Å². The number of hydrogen-bond acceptors (Lipinski definition) is 3. The lowest BCUT2D eigenvalue weighted by atomic mass is 9.76. The van der Waals surface area contributed by atoms with Gasteiger partial charge < -0.3 is 14.6 Å². The summed E-state index contributed by atoms with van der Waals surface area (Å²) in [4.78, 5) is 0. The summed E-state index contributed by atoms with van der Waals surface area (Å²) in [6.07, 6.45) is 7.31. The van der Waals surface area contributed by atoms with Crippen molar-refractivity contribution in [2.45, 2.75) is 31.7 Å². The van der Waals surface area contributed by atoms with Crippen LogP contribution in [0.4, 0.5) is 0 Å². The van der Waals surface area contributed by atoms with Crippen molar-refractivity contribution in [1.29, 1.82) is 0 Å². The van der Waals surface area contributed by atoms with Gasteiger partial charge >= 0.3 is 0 Å². The van der Waals surface area contributed by atoms with Gasteiger partial charge in [0, 0.05) is 5.92 Å². The molecule has 1 saturated carbocycles. The lowest BCUT2D eigenvalue weighted by Crippen LogP contribution is -2.37. The van der Waals surface area contributed by atoms with E-state index in [4.69, 9.17) is 9.47 Å². The van der Waals surface area contributed by atoms with Gasteiger partial charge in [-0.2, -0.15) is 0 Å². The molecule has 1 saturated heterocycles. The van der Waals surface area contributed by atoms with Gasteiger partial charge in [0.15, 0.2) is 6.29 Å². The zero-order valence-electron chi connectivity index (χ0n) is 8.84. The van der Waals surface area contributed by atoms with Crippen LogP contribution in [0.1, 0.15) is 19.3 Å². The molecule has 1 heterocycles. The Morgan fingerprint density at radius 2 is 1.93 bits per heavy atom. The number of allylic oxidation sites excluding steroid dienone is 2. The maximum Gasteiger partial charge on any atom is 0.161 e. The number of hydrogen-bond donors (Lipinski definition) is 1. The number of rotatable bonds is 1. The van der Waals surface area contributed by atoms with Crippen molar-refractivity contribution in [1.82, 2.24) is 0 Å². The molecular formula is C12H18O3. The first-order valence-corrected chi connectivity index (χ1v) is 5.94. The van der Waals surface area contributed by atoms with Crippen LogP contribution in [-0.2, 0) is 9.47 Å². The molecule has 3 heteroatoms. The molecule has 0 aromatic rings. The number of aliphatic hydroxyl groups is 1. The average Bonchev–Trinajstić information content (AvgIpc) is 2.88. The van der Waals surface area contributed by atoms with Crippen LogP contribution in [0.15, 0.2) is 12.2 Å². The third-order valence-corrected chi connectivity index (χ3v) is 4.02. The fraction of sp³-hybridized carbons (Fsp3) is 0.833. The summed E-state index contributed by atoms with van der Waals surface area (Å²) in [6.45, 7) is 1.41. The van der Waals surface area contributed by atoms with E-state index in [0.29, 0.717) is 31.0 Å². The van der Waals surface area contributed by atoms with Crippen molar-refractivity contribution < 1.29 is 14.6 Å². The maximum atomic E-state index is 10.0. The SMILES string of the molecule is O[C@@H]1CC[C@H]2C=CC[C@@H](C3OCCO3)[C@H]12. The highest BCUT2D eigenvalue weighted by Gasteiger charge is 2.45. The van der Waals surface area contributed by atoms with Crippen LogP contribution in [0, 0.1) is 17.8 Å². The van der Waals surface area contributed by atoms with Gasteiger partial charge in [0.05, 0.1) is 19.3 Å². The van der Waals surface area contributed by atoms with E-state index < -0.39 is 0 Å². The molecule has 0 aromatic heterocycles. The second-order valence-electron chi connectivity index (χ2n) is 4.82. The van der Waals surface area contributed by atoms with Crippen LogP contribution in [-0.4, -0.2) is 30.7 Å². The highest BCUT2D eigenvalue weighted by atomic mass is 16.7. The van der Waals surface area contributed by atoms with Crippen LogP contribution in [0.2, 0.25) is 0 Å². The summed E-state index contributed by atoms with van der Waals surface area (Å²) >= 11 is 0. The number of fused-ring (bicyclic) bond motifs is 1. The normalized spacial score (nSPS) is 45.9. The molecule has 3 nitrogen and oxygen atoms in total. The van der Waals surface area contributed by atoms with E-state index in [0.717, 1.165) is 19.3 Å². The Kier molecular flexibility index (Phi) is 2.54. The van der Waals surface area contributed by atoms with Crippen molar-refractivity contribution in [3.8, 4) is 0 Å². The summed E-state index contributed by atoms with van der Waals surface area (Å²) in [5, 5.41) is 10.0. The first kappa shape index (κ1) is 9.82. The zero-order valence-corrected chi connectivity index (χ0v) is 8.84. The van der Waals surface area contributed by atoms with E-state index in [-0.39, 0.29) is 12.4 Å². The van der Waals surface area contributed by atoms with Gasteiger partial charge in [-0.3, -0.25) is 0 Å². The average molecular weight is 210 g/mol. The van der Waals surface area contributed by atoms with E-state index in [2.05, 4.69) is 12.2 Å². The molecule has 0 unspecified atom stereocenters. The minimum atomic E-state index is -0.155. The van der Waals surface area contributed by atoms with E-state index in [9.17, 15) is 5.11 Å². The van der Waals surface area contributed by atoms with Gasteiger partial charge in [-0.15, -0.1) is 0 Å². The van der Waals surface area contributed by atoms with E-state index in [1.54, 1.807) is 0 Å². The highest BCUT2D eigenvalue weighted by Crippen LogP contribution is 2.44. The third-order valence-electron chi connectivity index (χ3n) is 4.02. The van der Waals surface area contributed by atoms with Crippen molar-refractivity contribution in [3.05, 3.63) is 12.2 Å². The van der Waals surface area contributed by atoms with Crippen LogP contribution < -0.4 is 0 Å². The Bertz CT molecular complexity index is 258. The fourth-order valence-electron chi connectivity index (χ4n) is 3.34. The Hall–Kier alpha value is -0.380.